The molecule has 30 valence electrons. The van der Waals surface area contributed by atoms with Crippen LogP contribution in [0.15, 0.2) is 0 Å². The van der Waals surface area contributed by atoms with Gasteiger partial charge >= 0.3 is 0 Å². The fourth-order valence-electron chi connectivity index (χ4n) is 0. The molecule has 0 spiro atoms. The molecule has 0 rings (SSSR count). The Morgan fingerprint density at radius 3 is 0.750 bits per heavy atom. The van der Waals surface area contributed by atoms with Gasteiger partial charge in [0, 0.05) is 51.2 Å². The molecule has 0 aliphatic heterocycles. The van der Waals surface area contributed by atoms with Gasteiger partial charge in [-0.2, -0.15) is 0 Å². The summed E-state index contributed by atoms with van der Waals surface area (Å²) < 4.78 is 0. The maximum atomic E-state index is 0. The number of rotatable bonds is 0. The van der Waals surface area contributed by atoms with Crippen molar-refractivity contribution in [2.75, 3.05) is 0 Å². The second-order valence-electron chi connectivity index (χ2n) is 0. The Balaban J connectivity index is 0. The fourth-order valence-corrected chi connectivity index (χ4v) is 0. The van der Waals surface area contributed by atoms with Crippen LogP contribution in [0.3, 0.4) is 0 Å². The van der Waals surface area contributed by atoms with Gasteiger partial charge in [0.1, 0.15) is 0 Å². The Morgan fingerprint density at radius 1 is 0.750 bits per heavy atom. The molecule has 0 saturated carbocycles. The van der Waals surface area contributed by atoms with Crippen LogP contribution in [0.2, 0.25) is 0 Å². The van der Waals surface area contributed by atoms with Crippen molar-refractivity contribution in [2.24, 2.45) is 0 Å². The maximum absolute atomic E-state index is 0. The van der Waals surface area contributed by atoms with Crippen molar-refractivity contribution in [3.63, 3.8) is 0 Å². The van der Waals surface area contributed by atoms with Crippen LogP contribution in [-0.2, 0) is 51.2 Å². The van der Waals surface area contributed by atoms with Gasteiger partial charge in [0.15, 0.2) is 0 Å². The first kappa shape index (κ1) is 47.6. The summed E-state index contributed by atoms with van der Waals surface area (Å²) in [5.41, 5.74) is 0. The first-order valence-corrected chi connectivity index (χ1v) is 0. The van der Waals surface area contributed by atoms with Gasteiger partial charge in [-0.15, -0.1) is 0 Å². The van der Waals surface area contributed by atoms with Gasteiger partial charge in [0.05, 0.1) is 0 Å². The van der Waals surface area contributed by atoms with E-state index in [2.05, 4.69) is 0 Å². The third-order valence-electron chi connectivity index (χ3n) is 0. The fraction of sp³-hybridized carbons (Fsp3) is 1.00. The largest absolute Gasteiger partial charge is 0.0776 e. The zero-order valence-electron chi connectivity index (χ0n) is 1.11. The molecule has 0 fully saturated rings. The Bertz CT molecular complexity index is 6.00. The second-order valence-corrected chi connectivity index (χ2v) is 0. The van der Waals surface area contributed by atoms with Gasteiger partial charge in [-0.05, 0) is 0 Å². The third kappa shape index (κ3) is 9.59. The molecule has 0 aromatic carbocycles. The Labute approximate surface area is 58.5 Å². The summed E-state index contributed by atoms with van der Waals surface area (Å²) in [4.78, 5) is 0. The third-order valence-corrected chi connectivity index (χ3v) is 0. The maximum Gasteiger partial charge on any atom is 0 e. The smallest absolute Gasteiger partial charge is 0 e. The van der Waals surface area contributed by atoms with E-state index in [-0.39, 0.29) is 58.6 Å². The minimum Gasteiger partial charge on any atom is -0.0776 e. The normalized spacial score (nSPS) is 0. The van der Waals surface area contributed by atoms with Crippen molar-refractivity contribution < 1.29 is 51.2 Å². The van der Waals surface area contributed by atoms with E-state index < -0.39 is 0 Å². The molecule has 0 amide bonds. The molecule has 0 bridgehead atoms. The Morgan fingerprint density at radius 2 is 0.750 bits per heavy atom. The number of hydrogen-bond acceptors (Lipinski definition) is 0. The number of hydrogen-bond donors (Lipinski definition) is 0. The molecular formula is CH4FeMn2. The summed E-state index contributed by atoms with van der Waals surface area (Å²) in [7, 11) is 0. The first-order chi connectivity index (χ1) is 0. The first-order valence-electron chi connectivity index (χ1n) is 0. The molecule has 0 aromatic rings. The summed E-state index contributed by atoms with van der Waals surface area (Å²) in [6.07, 6.45) is 0. The van der Waals surface area contributed by atoms with Crippen LogP contribution in [0.5, 0.6) is 0 Å². The van der Waals surface area contributed by atoms with Gasteiger partial charge in [0.25, 0.3) is 0 Å². The minimum absolute atomic E-state index is 0. The van der Waals surface area contributed by atoms with Crippen LogP contribution in [-0.4, -0.2) is 0 Å². The van der Waals surface area contributed by atoms with Gasteiger partial charge < -0.3 is 0 Å². The molecule has 0 saturated heterocycles. The van der Waals surface area contributed by atoms with Gasteiger partial charge in [-0.3, -0.25) is 0 Å². The van der Waals surface area contributed by atoms with Crippen molar-refractivity contribution in [1.82, 2.24) is 0 Å². The van der Waals surface area contributed by atoms with Crippen molar-refractivity contribution in [2.45, 2.75) is 7.43 Å². The second kappa shape index (κ2) is 23.8. The van der Waals surface area contributed by atoms with E-state index in [4.69, 9.17) is 0 Å². The van der Waals surface area contributed by atoms with Gasteiger partial charge in [-0.1, -0.05) is 7.43 Å². The standard InChI is InChI=1S/CH4.Fe.2Mn/h1H4;;;. The van der Waals surface area contributed by atoms with Gasteiger partial charge in [-0.25, -0.2) is 0 Å². The van der Waals surface area contributed by atoms with Gasteiger partial charge in [0.2, 0.25) is 0 Å². The molecule has 3 heteroatoms. The molecule has 2 radical (unpaired) electrons. The summed E-state index contributed by atoms with van der Waals surface area (Å²) in [6.45, 7) is 0. The average molecular weight is 182 g/mol. The van der Waals surface area contributed by atoms with Crippen LogP contribution < -0.4 is 0 Å². The van der Waals surface area contributed by atoms with Crippen molar-refractivity contribution in [1.29, 1.82) is 0 Å². The summed E-state index contributed by atoms with van der Waals surface area (Å²) in [5.74, 6) is 0. The van der Waals surface area contributed by atoms with Crippen LogP contribution in [0.25, 0.3) is 0 Å². The summed E-state index contributed by atoms with van der Waals surface area (Å²) in [6, 6.07) is 0. The Kier molecular flexibility index (Phi) is 283. The zero-order valence-corrected chi connectivity index (χ0v) is 4.57. The predicted octanol–water partition coefficient (Wildman–Crippen LogP) is 0.629. The average Bonchev–Trinajstić information content (AvgIpc) is 0. The van der Waals surface area contributed by atoms with E-state index in [1.54, 1.807) is 0 Å². The molecule has 0 N–H and O–H groups in total. The molecule has 0 aliphatic rings. The molecular weight excluding hydrogens is 178 g/mol. The van der Waals surface area contributed by atoms with E-state index in [9.17, 15) is 0 Å². The summed E-state index contributed by atoms with van der Waals surface area (Å²) in [5, 5.41) is 0. The molecule has 0 aromatic heterocycles. The quantitative estimate of drug-likeness (QED) is 0.481. The van der Waals surface area contributed by atoms with Crippen LogP contribution in [0.4, 0.5) is 0 Å². The molecule has 0 nitrogen and oxygen atoms in total. The Hall–Kier alpha value is 1.56. The van der Waals surface area contributed by atoms with Crippen molar-refractivity contribution in [3.05, 3.63) is 0 Å². The predicted molar refractivity (Wildman–Crippen MR) is 6.73 cm³/mol. The van der Waals surface area contributed by atoms with E-state index in [1.165, 1.54) is 0 Å². The van der Waals surface area contributed by atoms with Crippen LogP contribution in [0.1, 0.15) is 7.43 Å². The SMILES string of the molecule is C.[Fe].[Mn].[Mn]. The molecule has 4 heavy (non-hydrogen) atoms. The van der Waals surface area contributed by atoms with E-state index >= 15 is 0 Å². The van der Waals surface area contributed by atoms with E-state index in [0.29, 0.717) is 0 Å². The van der Waals surface area contributed by atoms with E-state index in [1.807, 2.05) is 0 Å². The minimum atomic E-state index is 0. The molecule has 0 atom stereocenters. The molecule has 0 unspecified atom stereocenters. The van der Waals surface area contributed by atoms with Crippen molar-refractivity contribution in [3.8, 4) is 0 Å². The van der Waals surface area contributed by atoms with Crippen LogP contribution in [0, 0.1) is 0 Å². The van der Waals surface area contributed by atoms with Crippen molar-refractivity contribution >= 4 is 0 Å². The van der Waals surface area contributed by atoms with E-state index in [0.717, 1.165) is 0 Å². The monoisotopic (exact) mass is 182 g/mol. The topological polar surface area (TPSA) is 0 Å². The molecule has 0 heterocycles. The summed E-state index contributed by atoms with van der Waals surface area (Å²) >= 11 is 0. The van der Waals surface area contributed by atoms with Crippen LogP contribution >= 0.6 is 0 Å². The zero-order chi connectivity index (χ0) is 0. The molecule has 0 aliphatic carbocycles.